The number of nitrogens with one attached hydrogen (secondary N) is 4. The summed E-state index contributed by atoms with van der Waals surface area (Å²) in [4.78, 5) is 77.4. The lowest BCUT2D eigenvalue weighted by molar-refractivity contribution is -0.122. The van der Waals surface area contributed by atoms with Gasteiger partial charge >= 0.3 is 12.2 Å². The monoisotopic (exact) mass is 817 g/mol. The van der Waals surface area contributed by atoms with E-state index < -0.39 is 12.2 Å². The maximum Gasteiger partial charge on any atom is 0.409 e. The Morgan fingerprint density at radius 3 is 0.877 bits per heavy atom. The molecular weight excluding hydrogens is 740 g/mol. The third-order valence-electron chi connectivity index (χ3n) is 8.67. The minimum Gasteiger partial charge on any atom is -0.447 e. The van der Waals surface area contributed by atoms with E-state index in [0.29, 0.717) is 51.9 Å². The third-order valence-corrected chi connectivity index (χ3v) is 8.67. The summed E-state index contributed by atoms with van der Waals surface area (Å²) in [5, 5.41) is 11.3. The Hall–Kier alpha value is -3.78. The molecule has 0 aliphatic heterocycles. The molecule has 57 heavy (non-hydrogen) atoms. The smallest absolute Gasteiger partial charge is 0.409 e. The Morgan fingerprint density at radius 1 is 0.368 bits per heavy atom. The number of ether oxygens (including phenoxy) is 3. The van der Waals surface area contributed by atoms with E-state index in [-0.39, 0.29) is 102 Å². The Morgan fingerprint density at radius 2 is 0.632 bits per heavy atom. The summed E-state index contributed by atoms with van der Waals surface area (Å²) in [6.07, 6.45) is 10.1. The van der Waals surface area contributed by atoms with Gasteiger partial charge in [-0.05, 0) is 77.5 Å². The van der Waals surface area contributed by atoms with Crippen molar-refractivity contribution in [2.45, 2.75) is 103 Å². The molecule has 0 aliphatic carbocycles. The Kier molecular flexibility index (Phi) is 36.5. The van der Waals surface area contributed by atoms with Gasteiger partial charge in [0, 0.05) is 78.0 Å². The van der Waals surface area contributed by atoms with Crippen LogP contribution in [0.2, 0.25) is 0 Å². The van der Waals surface area contributed by atoms with E-state index >= 15 is 0 Å². The number of unbranched alkanes of at least 4 members (excludes halogenated alkanes) is 8. The molecule has 0 aliphatic rings. The summed E-state index contributed by atoms with van der Waals surface area (Å²) in [7, 11) is 0. The van der Waals surface area contributed by atoms with E-state index in [9.17, 15) is 28.8 Å². The van der Waals surface area contributed by atoms with Gasteiger partial charge < -0.3 is 68.2 Å². The molecule has 12 N–H and O–H groups in total. The first kappa shape index (κ1) is 53.2. The van der Waals surface area contributed by atoms with Gasteiger partial charge in [-0.1, -0.05) is 25.7 Å². The molecule has 0 aromatic heterocycles. The maximum absolute atomic E-state index is 12.9. The quantitative estimate of drug-likeness (QED) is 0.0393. The summed E-state index contributed by atoms with van der Waals surface area (Å²) >= 11 is 0. The molecule has 0 bridgehead atoms. The highest BCUT2D eigenvalue weighted by atomic mass is 16.6. The molecule has 332 valence electrons. The molecule has 0 aromatic rings. The normalized spacial score (nSPS) is 10.7. The summed E-state index contributed by atoms with van der Waals surface area (Å²) in [5.41, 5.74) is 22.0. The number of hydrogen-bond acceptors (Lipinski definition) is 13. The second-order valence-electron chi connectivity index (χ2n) is 13.6. The van der Waals surface area contributed by atoms with Crippen molar-refractivity contribution in [1.29, 1.82) is 0 Å². The van der Waals surface area contributed by atoms with Crippen molar-refractivity contribution in [1.82, 2.24) is 31.1 Å². The standard InChI is InChI=1S/C38H76N10O9/c39-17-9-1-5-13-33(49)43-21-25-47(26-22-44-34(50)14-6-2-10-18-40)37(53)56-31-29-55-30-32-57-38(54)48(27-23-45-35(51)15-7-3-11-19-41)28-24-46-36(52)16-8-4-12-20-42/h1-32,39-42H2,(H,43,49)(H,44,50)(H,45,51)(H,46,52). The summed E-state index contributed by atoms with van der Waals surface area (Å²) in [6.45, 7) is 3.88. The third kappa shape index (κ3) is 34.0. The minimum absolute atomic E-state index is 0.0363. The van der Waals surface area contributed by atoms with Crippen LogP contribution in [0, 0.1) is 0 Å². The van der Waals surface area contributed by atoms with Crippen LogP contribution in [0.5, 0.6) is 0 Å². The van der Waals surface area contributed by atoms with Crippen LogP contribution in [0.3, 0.4) is 0 Å². The van der Waals surface area contributed by atoms with Gasteiger partial charge in [-0.3, -0.25) is 19.2 Å². The van der Waals surface area contributed by atoms with Crippen molar-refractivity contribution >= 4 is 35.8 Å². The van der Waals surface area contributed by atoms with E-state index in [1.165, 1.54) is 9.80 Å². The molecule has 0 rings (SSSR count). The molecule has 0 saturated heterocycles. The van der Waals surface area contributed by atoms with Gasteiger partial charge in [0.15, 0.2) is 0 Å². The fraction of sp³-hybridized carbons (Fsp3) is 0.842. The highest BCUT2D eigenvalue weighted by Crippen LogP contribution is 2.02. The van der Waals surface area contributed by atoms with Crippen LogP contribution < -0.4 is 44.2 Å². The molecule has 0 heterocycles. The van der Waals surface area contributed by atoms with Crippen molar-refractivity contribution in [3.63, 3.8) is 0 Å². The van der Waals surface area contributed by atoms with Crippen molar-refractivity contribution < 1.29 is 43.0 Å². The van der Waals surface area contributed by atoms with E-state index in [4.69, 9.17) is 37.1 Å². The average molecular weight is 817 g/mol. The van der Waals surface area contributed by atoms with Crippen LogP contribution in [0.1, 0.15) is 103 Å². The SMILES string of the molecule is NCCCCCC(=O)NCCN(CCNC(=O)CCCCCN)C(=O)OCCOCCOC(=O)N(CCNC(=O)CCCCCN)CCNC(=O)CCCCCN. The first-order valence-electron chi connectivity index (χ1n) is 21.0. The van der Waals surface area contributed by atoms with E-state index in [0.717, 1.165) is 77.0 Å². The van der Waals surface area contributed by atoms with Crippen LogP contribution in [-0.4, -0.2) is 151 Å². The minimum atomic E-state index is -0.625. The predicted molar refractivity (Wildman–Crippen MR) is 219 cm³/mol. The highest BCUT2D eigenvalue weighted by molar-refractivity contribution is 5.77. The molecule has 0 radical (unpaired) electrons. The highest BCUT2D eigenvalue weighted by Gasteiger charge is 2.17. The molecule has 0 aromatic carbocycles. The fourth-order valence-electron chi connectivity index (χ4n) is 5.35. The first-order valence-corrected chi connectivity index (χ1v) is 21.0. The van der Waals surface area contributed by atoms with Crippen LogP contribution in [0.25, 0.3) is 0 Å². The lowest BCUT2D eigenvalue weighted by Gasteiger charge is -2.23. The number of nitrogens with two attached hydrogens (primary N) is 4. The molecule has 0 atom stereocenters. The second-order valence-corrected chi connectivity index (χ2v) is 13.6. The number of nitrogens with zero attached hydrogens (tertiary/aromatic N) is 2. The first-order chi connectivity index (χ1) is 27.7. The Labute approximate surface area is 340 Å². The van der Waals surface area contributed by atoms with Crippen LogP contribution in [0.15, 0.2) is 0 Å². The zero-order valence-electron chi connectivity index (χ0n) is 34.5. The zero-order valence-corrected chi connectivity index (χ0v) is 34.5. The van der Waals surface area contributed by atoms with E-state index in [1.807, 2.05) is 0 Å². The molecule has 19 nitrogen and oxygen atoms in total. The molecule has 0 saturated carbocycles. The average Bonchev–Trinajstić information content (AvgIpc) is 3.19. The summed E-state index contributed by atoms with van der Waals surface area (Å²) in [6, 6.07) is 0. The van der Waals surface area contributed by atoms with Crippen LogP contribution in [-0.2, 0) is 33.4 Å². The van der Waals surface area contributed by atoms with Gasteiger partial charge in [0.1, 0.15) is 13.2 Å². The number of hydrogen-bond donors (Lipinski definition) is 8. The van der Waals surface area contributed by atoms with Gasteiger partial charge in [0.05, 0.1) is 13.2 Å². The van der Waals surface area contributed by atoms with Crippen LogP contribution >= 0.6 is 0 Å². The zero-order chi connectivity index (χ0) is 42.2. The molecular formula is C38H76N10O9. The van der Waals surface area contributed by atoms with Gasteiger partial charge in [-0.25, -0.2) is 9.59 Å². The van der Waals surface area contributed by atoms with Crippen molar-refractivity contribution in [2.24, 2.45) is 22.9 Å². The predicted octanol–water partition coefficient (Wildman–Crippen LogP) is 0.421. The molecule has 19 heteroatoms. The Bertz CT molecular complexity index is 934. The lowest BCUT2D eigenvalue weighted by atomic mass is 10.2. The topological polar surface area (TPSA) is 289 Å². The number of amides is 6. The van der Waals surface area contributed by atoms with E-state index in [1.54, 1.807) is 0 Å². The van der Waals surface area contributed by atoms with E-state index in [2.05, 4.69) is 21.3 Å². The van der Waals surface area contributed by atoms with Crippen molar-refractivity contribution in [3.8, 4) is 0 Å². The summed E-state index contributed by atoms with van der Waals surface area (Å²) in [5.74, 6) is -0.458. The number of rotatable bonds is 38. The number of carbonyl (C=O) groups is 6. The van der Waals surface area contributed by atoms with Crippen LogP contribution in [0.4, 0.5) is 9.59 Å². The molecule has 0 unspecified atom stereocenters. The molecule has 6 amide bonds. The van der Waals surface area contributed by atoms with Crippen molar-refractivity contribution in [3.05, 3.63) is 0 Å². The fourth-order valence-corrected chi connectivity index (χ4v) is 5.35. The lowest BCUT2D eigenvalue weighted by Crippen LogP contribution is -2.43. The van der Waals surface area contributed by atoms with Gasteiger partial charge in [-0.15, -0.1) is 0 Å². The van der Waals surface area contributed by atoms with Gasteiger partial charge in [0.25, 0.3) is 0 Å². The van der Waals surface area contributed by atoms with Crippen molar-refractivity contribution in [2.75, 3.05) is 105 Å². The largest absolute Gasteiger partial charge is 0.447 e. The van der Waals surface area contributed by atoms with Gasteiger partial charge in [0.2, 0.25) is 23.6 Å². The number of carbonyl (C=O) groups excluding carboxylic acids is 6. The Balaban J connectivity index is 4.81. The molecule has 0 fully saturated rings. The summed E-state index contributed by atoms with van der Waals surface area (Å²) < 4.78 is 16.3. The maximum atomic E-state index is 12.9. The second kappa shape index (κ2) is 39.1. The molecule has 0 spiro atoms. The van der Waals surface area contributed by atoms with Gasteiger partial charge in [-0.2, -0.15) is 0 Å².